The number of amidine groups is 1. The third-order valence-corrected chi connectivity index (χ3v) is 2.67. The molecule has 8 heteroatoms. The number of nitrogens with zero attached hydrogens (tertiary/aromatic N) is 1. The smallest absolute Gasteiger partial charge is 0.235 e. The van der Waals surface area contributed by atoms with Gasteiger partial charge < -0.3 is 16.3 Å². The van der Waals surface area contributed by atoms with Gasteiger partial charge in [0, 0.05) is 4.47 Å². The van der Waals surface area contributed by atoms with Gasteiger partial charge in [-0.3, -0.25) is 4.79 Å². The second-order valence-electron chi connectivity index (χ2n) is 3.48. The third kappa shape index (κ3) is 3.16. The molecule has 1 aromatic carbocycles. The van der Waals surface area contributed by atoms with Crippen LogP contribution in [0.25, 0.3) is 0 Å². The predicted octanol–water partition coefficient (Wildman–Crippen LogP) is 2.05. The largest absolute Gasteiger partial charge is 0.409 e. The summed E-state index contributed by atoms with van der Waals surface area (Å²) in [5.74, 6) is -4.02. The zero-order chi connectivity index (χ0) is 13.9. The zero-order valence-electron chi connectivity index (χ0n) is 9.25. The van der Waals surface area contributed by atoms with Gasteiger partial charge in [-0.1, -0.05) is 21.1 Å². The van der Waals surface area contributed by atoms with Crippen LogP contribution in [0, 0.1) is 17.6 Å². The number of oxime groups is 1. The van der Waals surface area contributed by atoms with Gasteiger partial charge >= 0.3 is 0 Å². The van der Waals surface area contributed by atoms with E-state index in [1.54, 1.807) is 0 Å². The van der Waals surface area contributed by atoms with E-state index in [1.165, 1.54) is 6.92 Å². The molecule has 0 aliphatic rings. The van der Waals surface area contributed by atoms with Crippen molar-refractivity contribution in [2.45, 2.75) is 6.92 Å². The maximum absolute atomic E-state index is 13.4. The van der Waals surface area contributed by atoms with Gasteiger partial charge in [0.15, 0.2) is 17.5 Å². The van der Waals surface area contributed by atoms with E-state index in [2.05, 4.69) is 21.1 Å². The summed E-state index contributed by atoms with van der Waals surface area (Å²) < 4.78 is 27.1. The maximum Gasteiger partial charge on any atom is 0.235 e. The van der Waals surface area contributed by atoms with Gasteiger partial charge in [-0.25, -0.2) is 8.78 Å². The van der Waals surface area contributed by atoms with Crippen molar-refractivity contribution in [1.82, 2.24) is 0 Å². The van der Waals surface area contributed by atoms with Crippen molar-refractivity contribution in [1.29, 1.82) is 0 Å². The Kier molecular flexibility index (Phi) is 4.60. The third-order valence-electron chi connectivity index (χ3n) is 2.21. The normalized spacial score (nSPS) is 13.2. The summed E-state index contributed by atoms with van der Waals surface area (Å²) in [7, 11) is 0. The van der Waals surface area contributed by atoms with Crippen molar-refractivity contribution in [2.75, 3.05) is 5.32 Å². The Morgan fingerprint density at radius 3 is 2.44 bits per heavy atom. The molecule has 0 radical (unpaired) electrons. The SMILES string of the molecule is CC(C(=O)Nc1c(F)cc(Br)cc1F)C(N)=NO. The van der Waals surface area contributed by atoms with Crippen LogP contribution >= 0.6 is 15.9 Å². The second-order valence-corrected chi connectivity index (χ2v) is 4.40. The Morgan fingerprint density at radius 2 is 2.00 bits per heavy atom. The second kappa shape index (κ2) is 5.76. The number of anilines is 1. The highest BCUT2D eigenvalue weighted by Crippen LogP contribution is 2.24. The predicted molar refractivity (Wildman–Crippen MR) is 65.3 cm³/mol. The first-order valence-electron chi connectivity index (χ1n) is 4.79. The molecule has 5 nitrogen and oxygen atoms in total. The average Bonchev–Trinajstić information content (AvgIpc) is 2.31. The lowest BCUT2D eigenvalue weighted by molar-refractivity contribution is -0.117. The highest BCUT2D eigenvalue weighted by atomic mass is 79.9. The number of nitrogens with one attached hydrogen (secondary N) is 1. The Morgan fingerprint density at radius 1 is 1.50 bits per heavy atom. The highest BCUT2D eigenvalue weighted by Gasteiger charge is 2.21. The summed E-state index contributed by atoms with van der Waals surface area (Å²) in [6.07, 6.45) is 0. The number of carbonyl (C=O) groups is 1. The summed E-state index contributed by atoms with van der Waals surface area (Å²) in [5.41, 5.74) is 4.63. The van der Waals surface area contributed by atoms with E-state index in [-0.39, 0.29) is 10.3 Å². The van der Waals surface area contributed by atoms with Crippen LogP contribution in [0.2, 0.25) is 0 Å². The summed E-state index contributed by atoms with van der Waals surface area (Å²) in [6, 6.07) is 2.01. The molecular formula is C10H10BrF2N3O2. The quantitative estimate of drug-likeness (QED) is 0.344. The molecule has 0 heterocycles. The molecule has 0 saturated carbocycles. The van der Waals surface area contributed by atoms with Crippen molar-refractivity contribution in [3.63, 3.8) is 0 Å². The molecule has 0 aliphatic heterocycles. The first-order chi connectivity index (χ1) is 8.36. The molecule has 0 aliphatic carbocycles. The van der Waals surface area contributed by atoms with Gasteiger partial charge in [0.2, 0.25) is 5.91 Å². The summed E-state index contributed by atoms with van der Waals surface area (Å²) in [5, 5.41) is 13.1. The van der Waals surface area contributed by atoms with E-state index < -0.39 is 29.1 Å². The van der Waals surface area contributed by atoms with Crippen LogP contribution in [0.1, 0.15) is 6.92 Å². The number of amides is 1. The fourth-order valence-electron chi connectivity index (χ4n) is 1.11. The summed E-state index contributed by atoms with van der Waals surface area (Å²) in [4.78, 5) is 11.6. The number of hydrogen-bond donors (Lipinski definition) is 3. The first kappa shape index (κ1) is 14.4. The van der Waals surface area contributed by atoms with Crippen molar-refractivity contribution in [3.05, 3.63) is 28.2 Å². The summed E-state index contributed by atoms with van der Waals surface area (Å²) in [6.45, 7) is 1.33. The molecular weight excluding hydrogens is 312 g/mol. The lowest BCUT2D eigenvalue weighted by Crippen LogP contribution is -2.32. The molecule has 0 bridgehead atoms. The van der Waals surface area contributed by atoms with Gasteiger partial charge in [0.05, 0.1) is 5.92 Å². The molecule has 18 heavy (non-hydrogen) atoms. The van der Waals surface area contributed by atoms with Gasteiger partial charge in [0.25, 0.3) is 0 Å². The Labute approximate surface area is 110 Å². The highest BCUT2D eigenvalue weighted by molar-refractivity contribution is 9.10. The standard InChI is InChI=1S/C10H10BrF2N3O2/c1-4(9(14)16-18)10(17)15-8-6(12)2-5(11)3-7(8)13/h2-4,18H,1H3,(H2,14,16)(H,15,17). The Hall–Kier alpha value is -1.70. The Balaban J connectivity index is 2.96. The minimum Gasteiger partial charge on any atom is -0.409 e. The number of hydrogen-bond acceptors (Lipinski definition) is 3. The van der Waals surface area contributed by atoms with Gasteiger partial charge in [0.1, 0.15) is 5.69 Å². The topological polar surface area (TPSA) is 87.7 Å². The van der Waals surface area contributed by atoms with Crippen molar-refractivity contribution < 1.29 is 18.8 Å². The maximum atomic E-state index is 13.4. The van der Waals surface area contributed by atoms with Crippen LogP contribution in [-0.2, 0) is 4.79 Å². The van der Waals surface area contributed by atoms with Crippen LogP contribution in [0.4, 0.5) is 14.5 Å². The number of benzene rings is 1. The van der Waals surface area contributed by atoms with Gasteiger partial charge in [-0.05, 0) is 19.1 Å². The van der Waals surface area contributed by atoms with Crippen LogP contribution in [0.3, 0.4) is 0 Å². The zero-order valence-corrected chi connectivity index (χ0v) is 10.8. The number of rotatable bonds is 3. The molecule has 1 aromatic rings. The molecule has 1 atom stereocenters. The number of carbonyl (C=O) groups excluding carboxylic acids is 1. The molecule has 4 N–H and O–H groups in total. The van der Waals surface area contributed by atoms with Gasteiger partial charge in [-0.15, -0.1) is 0 Å². The van der Waals surface area contributed by atoms with E-state index >= 15 is 0 Å². The van der Waals surface area contributed by atoms with Crippen molar-refractivity contribution in [3.8, 4) is 0 Å². The Bertz CT molecular complexity index is 485. The van der Waals surface area contributed by atoms with E-state index in [0.717, 1.165) is 12.1 Å². The molecule has 98 valence electrons. The van der Waals surface area contributed by atoms with E-state index in [9.17, 15) is 13.6 Å². The fraction of sp³-hybridized carbons (Fsp3) is 0.200. The van der Waals surface area contributed by atoms with E-state index in [1.807, 2.05) is 5.32 Å². The molecule has 0 spiro atoms. The van der Waals surface area contributed by atoms with Crippen molar-refractivity contribution >= 4 is 33.4 Å². The lowest BCUT2D eigenvalue weighted by atomic mass is 10.1. The monoisotopic (exact) mass is 321 g/mol. The summed E-state index contributed by atoms with van der Waals surface area (Å²) >= 11 is 2.91. The molecule has 0 saturated heterocycles. The van der Waals surface area contributed by atoms with Crippen LogP contribution < -0.4 is 11.1 Å². The van der Waals surface area contributed by atoms with Crippen LogP contribution in [0.15, 0.2) is 21.8 Å². The minimum atomic E-state index is -1.02. The van der Waals surface area contributed by atoms with E-state index in [4.69, 9.17) is 10.9 Å². The van der Waals surface area contributed by atoms with Crippen molar-refractivity contribution in [2.24, 2.45) is 16.8 Å². The molecule has 1 amide bonds. The lowest BCUT2D eigenvalue weighted by Gasteiger charge is -2.12. The van der Waals surface area contributed by atoms with Crippen LogP contribution in [0.5, 0.6) is 0 Å². The van der Waals surface area contributed by atoms with E-state index in [0.29, 0.717) is 0 Å². The first-order valence-corrected chi connectivity index (χ1v) is 5.59. The molecule has 0 aromatic heterocycles. The number of halogens is 3. The minimum absolute atomic E-state index is 0.208. The molecule has 1 unspecified atom stereocenters. The fourth-order valence-corrected chi connectivity index (χ4v) is 1.52. The van der Waals surface area contributed by atoms with Crippen LogP contribution in [-0.4, -0.2) is 17.0 Å². The molecule has 1 rings (SSSR count). The average molecular weight is 322 g/mol. The number of nitrogens with two attached hydrogens (primary N) is 1. The van der Waals surface area contributed by atoms with Gasteiger partial charge in [-0.2, -0.15) is 0 Å². The molecule has 0 fully saturated rings.